The maximum Gasteiger partial charge on any atom is 0.0975 e. The molecule has 0 unspecified atom stereocenters. The molecular weight excluding hydrogens is 136 g/mol. The van der Waals surface area contributed by atoms with Crippen molar-refractivity contribution in [3.63, 3.8) is 0 Å². The summed E-state index contributed by atoms with van der Waals surface area (Å²) < 4.78 is 0. The van der Waals surface area contributed by atoms with Crippen LogP contribution in [0, 0.1) is 0 Å². The van der Waals surface area contributed by atoms with Gasteiger partial charge in [0.1, 0.15) is 0 Å². The van der Waals surface area contributed by atoms with Crippen LogP contribution in [-0.4, -0.2) is 12.4 Å². The molecule has 0 fully saturated rings. The van der Waals surface area contributed by atoms with Crippen molar-refractivity contribution in [2.24, 2.45) is 4.99 Å². The molecule has 0 atom stereocenters. The fraction of sp³-hybridized carbons (Fsp3) is 0.222. The quantitative estimate of drug-likeness (QED) is 0.591. The second-order valence-corrected chi connectivity index (χ2v) is 2.36. The molecule has 2 heteroatoms. The number of amidine groups is 1. The molecule has 1 aliphatic rings. The number of nitrogens with zero attached hydrogens (tertiary/aromatic N) is 1. The molecule has 0 aromatic rings. The average Bonchev–Trinajstić information content (AvgIpc) is 2.04. The van der Waals surface area contributed by atoms with Gasteiger partial charge in [-0.15, -0.1) is 0 Å². The number of rotatable bonds is 2. The number of aliphatic imine (C=N–C) groups is 1. The fourth-order valence-electron chi connectivity index (χ4n) is 0.791. The highest BCUT2D eigenvalue weighted by Crippen LogP contribution is 2.00. The van der Waals surface area contributed by atoms with Crippen LogP contribution in [0.1, 0.15) is 6.92 Å². The van der Waals surface area contributed by atoms with Crippen molar-refractivity contribution in [1.82, 2.24) is 5.32 Å². The molecular formula is C9H12N2. The summed E-state index contributed by atoms with van der Waals surface area (Å²) in [5.74, 6) is 0.973. The molecule has 0 saturated carbocycles. The minimum absolute atomic E-state index is 0.767. The van der Waals surface area contributed by atoms with E-state index in [-0.39, 0.29) is 0 Å². The molecule has 0 amide bonds. The summed E-state index contributed by atoms with van der Waals surface area (Å²) in [4.78, 5) is 4.22. The second kappa shape index (κ2) is 3.76. The zero-order chi connectivity index (χ0) is 8.10. The van der Waals surface area contributed by atoms with E-state index in [0.717, 1.165) is 12.4 Å². The average molecular weight is 148 g/mol. The van der Waals surface area contributed by atoms with Crippen molar-refractivity contribution >= 4 is 5.84 Å². The first-order chi connectivity index (χ1) is 5.33. The largest absolute Gasteiger partial charge is 0.350 e. The van der Waals surface area contributed by atoms with E-state index >= 15 is 0 Å². The van der Waals surface area contributed by atoms with Crippen LogP contribution in [-0.2, 0) is 0 Å². The first kappa shape index (κ1) is 7.79. The Bertz CT molecular complexity index is 234. The van der Waals surface area contributed by atoms with Gasteiger partial charge in [-0.3, -0.25) is 4.99 Å². The van der Waals surface area contributed by atoms with E-state index in [1.54, 1.807) is 6.08 Å². The van der Waals surface area contributed by atoms with Gasteiger partial charge in [0.05, 0.1) is 12.4 Å². The van der Waals surface area contributed by atoms with Crippen molar-refractivity contribution in [2.75, 3.05) is 6.54 Å². The second-order valence-electron chi connectivity index (χ2n) is 2.36. The Morgan fingerprint density at radius 1 is 1.73 bits per heavy atom. The molecule has 1 heterocycles. The van der Waals surface area contributed by atoms with Crippen molar-refractivity contribution in [3.8, 4) is 0 Å². The zero-order valence-electron chi connectivity index (χ0n) is 6.67. The normalized spacial score (nSPS) is 17.2. The van der Waals surface area contributed by atoms with Crippen LogP contribution in [0.15, 0.2) is 41.6 Å². The summed E-state index contributed by atoms with van der Waals surface area (Å²) in [5, 5.41) is 3.04. The topological polar surface area (TPSA) is 24.4 Å². The highest BCUT2D eigenvalue weighted by molar-refractivity contribution is 5.81. The van der Waals surface area contributed by atoms with Gasteiger partial charge < -0.3 is 5.32 Å². The molecule has 0 aromatic heterocycles. The van der Waals surface area contributed by atoms with Gasteiger partial charge in [-0.05, 0) is 12.5 Å². The van der Waals surface area contributed by atoms with Crippen LogP contribution in [0.5, 0.6) is 0 Å². The third kappa shape index (κ3) is 2.42. The molecule has 0 radical (unpaired) electrons. The van der Waals surface area contributed by atoms with Gasteiger partial charge >= 0.3 is 0 Å². The number of hydrogen-bond donors (Lipinski definition) is 1. The van der Waals surface area contributed by atoms with Crippen LogP contribution < -0.4 is 5.32 Å². The molecule has 0 aliphatic carbocycles. The van der Waals surface area contributed by atoms with Crippen LogP contribution in [0.25, 0.3) is 0 Å². The van der Waals surface area contributed by atoms with Crippen molar-refractivity contribution in [3.05, 3.63) is 36.6 Å². The molecule has 0 bridgehead atoms. The van der Waals surface area contributed by atoms with Crippen LogP contribution >= 0.6 is 0 Å². The molecule has 1 rings (SSSR count). The first-order valence-corrected chi connectivity index (χ1v) is 3.58. The lowest BCUT2D eigenvalue weighted by atomic mass is 10.2. The maximum atomic E-state index is 4.22. The standard InChI is InChI=1S/C9H12N2/c1-3-4-5-9-6-10-8(2)11-7-9/h3-6H,1,7H2,2H3,(H,10,11)/b5-4-. The fourth-order valence-corrected chi connectivity index (χ4v) is 0.791. The predicted molar refractivity (Wildman–Crippen MR) is 48.5 cm³/mol. The van der Waals surface area contributed by atoms with Gasteiger partial charge in [-0.25, -0.2) is 0 Å². The van der Waals surface area contributed by atoms with Crippen molar-refractivity contribution < 1.29 is 0 Å². The summed E-state index contributed by atoms with van der Waals surface area (Å²) in [6, 6.07) is 0. The highest BCUT2D eigenvalue weighted by Gasteiger charge is 1.97. The molecule has 1 N–H and O–H groups in total. The van der Waals surface area contributed by atoms with Crippen molar-refractivity contribution in [2.45, 2.75) is 6.92 Å². The SMILES string of the molecule is C=C/C=C\C1=CNC(C)=NC1. The Kier molecular flexibility index (Phi) is 2.66. The molecule has 58 valence electrons. The molecule has 2 nitrogen and oxygen atoms in total. The molecule has 0 spiro atoms. The molecule has 0 saturated heterocycles. The third-order valence-corrected chi connectivity index (χ3v) is 1.41. The summed E-state index contributed by atoms with van der Waals surface area (Å²) in [7, 11) is 0. The Morgan fingerprint density at radius 2 is 2.55 bits per heavy atom. The van der Waals surface area contributed by atoms with E-state index in [4.69, 9.17) is 0 Å². The van der Waals surface area contributed by atoms with Crippen LogP contribution in [0.2, 0.25) is 0 Å². The van der Waals surface area contributed by atoms with Gasteiger partial charge in [0.2, 0.25) is 0 Å². The summed E-state index contributed by atoms with van der Waals surface area (Å²) in [6.07, 6.45) is 7.62. The van der Waals surface area contributed by atoms with Crippen molar-refractivity contribution in [1.29, 1.82) is 0 Å². The van der Waals surface area contributed by atoms with Crippen LogP contribution in [0.4, 0.5) is 0 Å². The van der Waals surface area contributed by atoms with Gasteiger partial charge in [0, 0.05) is 6.20 Å². The summed E-state index contributed by atoms with van der Waals surface area (Å²) in [5.41, 5.74) is 1.18. The Morgan fingerprint density at radius 3 is 3.09 bits per heavy atom. The van der Waals surface area contributed by atoms with E-state index in [1.807, 2.05) is 25.3 Å². The number of allylic oxidation sites excluding steroid dienone is 2. The Labute approximate surface area is 67.0 Å². The van der Waals surface area contributed by atoms with Crippen LogP contribution in [0.3, 0.4) is 0 Å². The van der Waals surface area contributed by atoms with Gasteiger partial charge in [-0.2, -0.15) is 0 Å². The maximum absolute atomic E-state index is 4.22. The lowest BCUT2D eigenvalue weighted by Gasteiger charge is -2.08. The van der Waals surface area contributed by atoms with E-state index in [1.165, 1.54) is 5.57 Å². The van der Waals surface area contributed by atoms with E-state index in [2.05, 4.69) is 16.9 Å². The van der Waals surface area contributed by atoms with E-state index < -0.39 is 0 Å². The third-order valence-electron chi connectivity index (χ3n) is 1.41. The minimum Gasteiger partial charge on any atom is -0.350 e. The van der Waals surface area contributed by atoms with Gasteiger partial charge in [0.15, 0.2) is 0 Å². The molecule has 1 aliphatic heterocycles. The Balaban J connectivity index is 2.51. The molecule has 0 aromatic carbocycles. The smallest absolute Gasteiger partial charge is 0.0975 e. The van der Waals surface area contributed by atoms with E-state index in [9.17, 15) is 0 Å². The minimum atomic E-state index is 0.767. The number of hydrogen-bond acceptors (Lipinski definition) is 2. The van der Waals surface area contributed by atoms with Gasteiger partial charge in [-0.1, -0.05) is 24.8 Å². The lowest BCUT2D eigenvalue weighted by molar-refractivity contribution is 1.05. The zero-order valence-corrected chi connectivity index (χ0v) is 6.67. The lowest BCUT2D eigenvalue weighted by Crippen LogP contribution is -2.18. The monoisotopic (exact) mass is 148 g/mol. The van der Waals surface area contributed by atoms with Gasteiger partial charge in [0.25, 0.3) is 0 Å². The number of nitrogens with one attached hydrogen (secondary N) is 1. The Hall–Kier alpha value is -1.31. The highest BCUT2D eigenvalue weighted by atomic mass is 15.0. The molecule has 11 heavy (non-hydrogen) atoms. The summed E-state index contributed by atoms with van der Waals surface area (Å²) >= 11 is 0. The predicted octanol–water partition coefficient (Wildman–Crippen LogP) is 1.63. The summed E-state index contributed by atoms with van der Waals surface area (Å²) in [6.45, 7) is 6.31. The first-order valence-electron chi connectivity index (χ1n) is 3.58. The van der Waals surface area contributed by atoms with E-state index in [0.29, 0.717) is 0 Å².